The molecule has 0 aliphatic carbocycles. The van der Waals surface area contributed by atoms with Crippen LogP contribution in [0, 0.1) is 0 Å². The van der Waals surface area contributed by atoms with Crippen molar-refractivity contribution in [2.24, 2.45) is 0 Å². The van der Waals surface area contributed by atoms with E-state index in [-0.39, 0.29) is 12.3 Å². The van der Waals surface area contributed by atoms with E-state index < -0.39 is 5.97 Å². The number of nitrogens with zero attached hydrogens (tertiary/aromatic N) is 1. The number of aliphatic carboxylic acids is 1. The van der Waals surface area contributed by atoms with Crippen molar-refractivity contribution in [2.45, 2.75) is 26.7 Å². The van der Waals surface area contributed by atoms with Crippen LogP contribution in [0.15, 0.2) is 24.3 Å². The maximum atomic E-state index is 11.5. The van der Waals surface area contributed by atoms with E-state index in [0.29, 0.717) is 28.7 Å². The molecule has 0 aliphatic rings. The highest BCUT2D eigenvalue weighted by Crippen LogP contribution is 2.32. The molecule has 0 aliphatic heterocycles. The zero-order chi connectivity index (χ0) is 16.8. The summed E-state index contributed by atoms with van der Waals surface area (Å²) in [6, 6.07) is 7.29. The molecule has 2 rings (SSSR count). The molecule has 0 saturated heterocycles. The van der Waals surface area contributed by atoms with E-state index in [1.807, 2.05) is 31.2 Å². The first-order valence-electron chi connectivity index (χ1n) is 7.28. The van der Waals surface area contributed by atoms with Gasteiger partial charge in [0.15, 0.2) is 5.13 Å². The monoisotopic (exact) mass is 334 g/mol. The minimum absolute atomic E-state index is 0.137. The van der Waals surface area contributed by atoms with Crippen molar-refractivity contribution in [1.82, 2.24) is 4.98 Å². The number of hydrogen-bond donors (Lipinski definition) is 2. The normalized spacial score (nSPS) is 10.3. The Bertz CT molecular complexity index is 695. The van der Waals surface area contributed by atoms with E-state index in [1.54, 1.807) is 6.92 Å². The molecule has 1 heterocycles. The average molecular weight is 334 g/mol. The maximum absolute atomic E-state index is 11.5. The minimum Gasteiger partial charge on any atom is -0.494 e. The van der Waals surface area contributed by atoms with Crippen LogP contribution in [0.25, 0.3) is 11.3 Å². The van der Waals surface area contributed by atoms with Gasteiger partial charge in [-0.2, -0.15) is 0 Å². The van der Waals surface area contributed by atoms with E-state index >= 15 is 0 Å². The van der Waals surface area contributed by atoms with Gasteiger partial charge in [0.1, 0.15) is 5.75 Å². The molecule has 0 saturated carbocycles. The van der Waals surface area contributed by atoms with Gasteiger partial charge >= 0.3 is 5.97 Å². The predicted octanol–water partition coefficient (Wildman–Crippen LogP) is 3.18. The topological polar surface area (TPSA) is 88.5 Å². The molecule has 0 bridgehead atoms. The Labute approximate surface area is 138 Å². The lowest BCUT2D eigenvalue weighted by molar-refractivity contribution is -0.136. The summed E-state index contributed by atoms with van der Waals surface area (Å²) in [4.78, 5) is 27.5. The van der Waals surface area contributed by atoms with Gasteiger partial charge in [0, 0.05) is 16.9 Å². The Balaban J connectivity index is 2.33. The van der Waals surface area contributed by atoms with Gasteiger partial charge < -0.3 is 15.2 Å². The van der Waals surface area contributed by atoms with Crippen molar-refractivity contribution >= 4 is 28.3 Å². The van der Waals surface area contributed by atoms with Crippen molar-refractivity contribution in [2.75, 3.05) is 11.9 Å². The number of carboxylic acids is 1. The molecular formula is C16H18N2O4S. The summed E-state index contributed by atoms with van der Waals surface area (Å²) in [7, 11) is 0. The first kappa shape index (κ1) is 17.0. The standard InChI is InChI=1S/C16H18N2O4S/c1-3-13(19)17-16-18-15(12(23-16)9-14(20)21)10-5-7-11(8-6-10)22-4-2/h5-8H,3-4,9H2,1-2H3,(H,20,21)(H,17,18,19). The number of carboxylic acid groups (broad SMARTS) is 1. The molecule has 1 amide bonds. The molecule has 0 radical (unpaired) electrons. The Morgan fingerprint density at radius 1 is 1.26 bits per heavy atom. The number of thiazole rings is 1. The molecule has 6 nitrogen and oxygen atoms in total. The summed E-state index contributed by atoms with van der Waals surface area (Å²) in [5.41, 5.74) is 1.37. The quantitative estimate of drug-likeness (QED) is 0.812. The highest BCUT2D eigenvalue weighted by Gasteiger charge is 2.17. The fourth-order valence-corrected chi connectivity index (χ4v) is 2.96. The summed E-state index contributed by atoms with van der Waals surface area (Å²) in [6.07, 6.45) is 0.203. The van der Waals surface area contributed by atoms with Crippen LogP contribution in [0.2, 0.25) is 0 Å². The Hall–Kier alpha value is -2.41. The largest absolute Gasteiger partial charge is 0.494 e. The molecule has 2 aromatic rings. The van der Waals surface area contributed by atoms with Crippen molar-refractivity contribution in [3.05, 3.63) is 29.1 Å². The molecule has 122 valence electrons. The first-order chi connectivity index (χ1) is 11.0. The number of rotatable bonds is 7. The lowest BCUT2D eigenvalue weighted by atomic mass is 10.1. The Morgan fingerprint density at radius 3 is 2.52 bits per heavy atom. The average Bonchev–Trinajstić information content (AvgIpc) is 2.89. The Morgan fingerprint density at radius 2 is 1.96 bits per heavy atom. The lowest BCUT2D eigenvalue weighted by Gasteiger charge is -2.04. The predicted molar refractivity (Wildman–Crippen MR) is 89.0 cm³/mol. The van der Waals surface area contributed by atoms with E-state index in [4.69, 9.17) is 9.84 Å². The number of carbonyl (C=O) groups is 2. The summed E-state index contributed by atoms with van der Waals surface area (Å²) >= 11 is 1.19. The van der Waals surface area contributed by atoms with Crippen molar-refractivity contribution in [1.29, 1.82) is 0 Å². The van der Waals surface area contributed by atoms with E-state index in [0.717, 1.165) is 11.3 Å². The highest BCUT2D eigenvalue weighted by atomic mass is 32.1. The SMILES string of the molecule is CCOc1ccc(-c2nc(NC(=O)CC)sc2CC(=O)O)cc1. The van der Waals surface area contributed by atoms with Gasteiger partial charge in [-0.15, -0.1) is 11.3 Å². The molecule has 7 heteroatoms. The second-order valence-corrected chi connectivity index (χ2v) is 5.80. The smallest absolute Gasteiger partial charge is 0.308 e. The first-order valence-corrected chi connectivity index (χ1v) is 8.09. The van der Waals surface area contributed by atoms with Crippen molar-refractivity contribution in [3.63, 3.8) is 0 Å². The van der Waals surface area contributed by atoms with Gasteiger partial charge in [-0.25, -0.2) is 4.98 Å². The molecule has 2 N–H and O–H groups in total. The van der Waals surface area contributed by atoms with Crippen LogP contribution in [-0.4, -0.2) is 28.6 Å². The number of carbonyl (C=O) groups excluding carboxylic acids is 1. The summed E-state index contributed by atoms with van der Waals surface area (Å²) < 4.78 is 5.39. The van der Waals surface area contributed by atoms with Crippen LogP contribution in [-0.2, 0) is 16.0 Å². The third kappa shape index (κ3) is 4.53. The van der Waals surface area contributed by atoms with Gasteiger partial charge in [-0.1, -0.05) is 6.92 Å². The van der Waals surface area contributed by atoms with Gasteiger partial charge in [0.05, 0.1) is 18.7 Å². The maximum Gasteiger partial charge on any atom is 0.308 e. The number of benzene rings is 1. The van der Waals surface area contributed by atoms with E-state index in [1.165, 1.54) is 11.3 Å². The van der Waals surface area contributed by atoms with Crippen LogP contribution in [0.1, 0.15) is 25.1 Å². The Kier molecular flexibility index (Phi) is 5.70. The number of aromatic nitrogens is 1. The number of nitrogens with one attached hydrogen (secondary N) is 1. The van der Waals surface area contributed by atoms with Gasteiger partial charge in [0.25, 0.3) is 0 Å². The zero-order valence-electron chi connectivity index (χ0n) is 13.0. The number of anilines is 1. The number of hydrogen-bond acceptors (Lipinski definition) is 5. The van der Waals surface area contributed by atoms with Gasteiger partial charge in [-0.3, -0.25) is 9.59 Å². The summed E-state index contributed by atoms with van der Waals surface area (Å²) in [5, 5.41) is 12.2. The van der Waals surface area contributed by atoms with E-state index in [2.05, 4.69) is 10.3 Å². The second kappa shape index (κ2) is 7.73. The highest BCUT2D eigenvalue weighted by molar-refractivity contribution is 7.16. The zero-order valence-corrected chi connectivity index (χ0v) is 13.8. The fraction of sp³-hybridized carbons (Fsp3) is 0.312. The van der Waals surface area contributed by atoms with Crippen molar-refractivity contribution in [3.8, 4) is 17.0 Å². The molecule has 1 aromatic carbocycles. The minimum atomic E-state index is -0.936. The van der Waals surface area contributed by atoms with Crippen LogP contribution in [0.4, 0.5) is 5.13 Å². The van der Waals surface area contributed by atoms with Crippen LogP contribution in [0.5, 0.6) is 5.75 Å². The molecule has 0 unspecified atom stereocenters. The van der Waals surface area contributed by atoms with Crippen LogP contribution >= 0.6 is 11.3 Å². The molecule has 0 atom stereocenters. The third-order valence-corrected chi connectivity index (χ3v) is 3.99. The molecule has 0 fully saturated rings. The number of amides is 1. The molecule has 23 heavy (non-hydrogen) atoms. The summed E-state index contributed by atoms with van der Waals surface area (Å²) in [6.45, 7) is 4.23. The third-order valence-electron chi connectivity index (χ3n) is 3.02. The van der Waals surface area contributed by atoms with Gasteiger partial charge in [-0.05, 0) is 31.2 Å². The molecule has 1 aromatic heterocycles. The van der Waals surface area contributed by atoms with Crippen molar-refractivity contribution < 1.29 is 19.4 Å². The van der Waals surface area contributed by atoms with Crippen LogP contribution < -0.4 is 10.1 Å². The molecular weight excluding hydrogens is 316 g/mol. The fourth-order valence-electron chi connectivity index (χ4n) is 1.97. The van der Waals surface area contributed by atoms with Gasteiger partial charge in [0.2, 0.25) is 5.91 Å². The number of ether oxygens (including phenoxy) is 1. The van der Waals surface area contributed by atoms with Crippen LogP contribution in [0.3, 0.4) is 0 Å². The van der Waals surface area contributed by atoms with E-state index in [9.17, 15) is 9.59 Å². The second-order valence-electron chi connectivity index (χ2n) is 4.72. The molecule has 0 spiro atoms. The summed E-state index contributed by atoms with van der Waals surface area (Å²) in [5.74, 6) is -0.348. The lowest BCUT2D eigenvalue weighted by Crippen LogP contribution is -2.08.